The molecule has 15 heavy (non-hydrogen) atoms. The Morgan fingerprint density at radius 3 is 3.20 bits per heavy atom. The van der Waals surface area contributed by atoms with Crippen LogP contribution in [0.5, 0.6) is 0 Å². The van der Waals surface area contributed by atoms with Gasteiger partial charge >= 0.3 is 0 Å². The Bertz CT molecular complexity index is 318. The highest BCUT2D eigenvalue weighted by Gasteiger charge is 2.27. The van der Waals surface area contributed by atoms with Crippen molar-refractivity contribution in [2.75, 3.05) is 12.3 Å². The highest BCUT2D eigenvalue weighted by molar-refractivity contribution is 7.98. The largest absolute Gasteiger partial charge is 0.392 e. The summed E-state index contributed by atoms with van der Waals surface area (Å²) in [5.74, 6) is 3.16. The SMILES string of the molecule is CCSCc1noc([C@H]2C[C@H](O)CN2)n1. The zero-order valence-corrected chi connectivity index (χ0v) is 9.46. The molecule has 0 unspecified atom stereocenters. The average molecular weight is 229 g/mol. The second-order valence-corrected chi connectivity index (χ2v) is 4.81. The van der Waals surface area contributed by atoms with E-state index in [-0.39, 0.29) is 12.1 Å². The maximum Gasteiger partial charge on any atom is 0.243 e. The quantitative estimate of drug-likeness (QED) is 0.792. The number of nitrogens with one attached hydrogen (secondary N) is 1. The smallest absolute Gasteiger partial charge is 0.243 e. The highest BCUT2D eigenvalue weighted by Crippen LogP contribution is 2.22. The van der Waals surface area contributed by atoms with Gasteiger partial charge < -0.3 is 14.9 Å². The fourth-order valence-corrected chi connectivity index (χ4v) is 2.07. The summed E-state index contributed by atoms with van der Waals surface area (Å²) in [6.07, 6.45) is 0.359. The molecule has 1 fully saturated rings. The molecule has 1 aromatic rings. The van der Waals surface area contributed by atoms with Gasteiger partial charge in [-0.1, -0.05) is 12.1 Å². The van der Waals surface area contributed by atoms with E-state index in [0.717, 1.165) is 17.3 Å². The molecule has 84 valence electrons. The number of aliphatic hydroxyl groups excluding tert-OH is 1. The van der Waals surface area contributed by atoms with Gasteiger partial charge in [-0.05, 0) is 12.2 Å². The number of aromatic nitrogens is 2. The molecule has 0 radical (unpaired) electrons. The molecule has 1 aromatic heterocycles. The number of hydrogen-bond donors (Lipinski definition) is 2. The number of rotatable bonds is 4. The lowest BCUT2D eigenvalue weighted by Gasteiger charge is -2.01. The highest BCUT2D eigenvalue weighted by atomic mass is 32.2. The van der Waals surface area contributed by atoms with E-state index in [4.69, 9.17) is 4.52 Å². The van der Waals surface area contributed by atoms with Crippen LogP contribution < -0.4 is 5.32 Å². The Morgan fingerprint density at radius 2 is 2.53 bits per heavy atom. The predicted molar refractivity (Wildman–Crippen MR) is 57.5 cm³/mol. The lowest BCUT2D eigenvalue weighted by atomic mass is 10.2. The first-order valence-corrected chi connectivity index (χ1v) is 6.26. The molecule has 6 heteroatoms. The molecule has 2 heterocycles. The third-order valence-electron chi connectivity index (χ3n) is 2.32. The molecule has 0 saturated carbocycles. The van der Waals surface area contributed by atoms with Crippen molar-refractivity contribution in [1.82, 2.24) is 15.5 Å². The molecule has 0 bridgehead atoms. The first-order chi connectivity index (χ1) is 7.29. The maximum atomic E-state index is 9.35. The van der Waals surface area contributed by atoms with Gasteiger partial charge in [-0.15, -0.1) is 0 Å². The minimum atomic E-state index is -0.296. The predicted octanol–water partition coefficient (Wildman–Crippen LogP) is 0.718. The number of β-amino-alcohol motifs (C(OH)–C–C–N with tert-alkyl or cyclic N) is 1. The van der Waals surface area contributed by atoms with Gasteiger partial charge in [0.15, 0.2) is 5.82 Å². The van der Waals surface area contributed by atoms with Crippen LogP contribution in [0.4, 0.5) is 0 Å². The molecule has 0 aromatic carbocycles. The van der Waals surface area contributed by atoms with E-state index in [9.17, 15) is 5.11 Å². The second kappa shape index (κ2) is 4.96. The van der Waals surface area contributed by atoms with Crippen LogP contribution >= 0.6 is 11.8 Å². The minimum Gasteiger partial charge on any atom is -0.392 e. The molecular weight excluding hydrogens is 214 g/mol. The topological polar surface area (TPSA) is 71.2 Å². The summed E-state index contributed by atoms with van der Waals surface area (Å²) in [5, 5.41) is 16.4. The summed E-state index contributed by atoms with van der Waals surface area (Å²) < 4.78 is 5.15. The maximum absolute atomic E-state index is 9.35. The first-order valence-electron chi connectivity index (χ1n) is 5.11. The molecule has 2 atom stereocenters. The van der Waals surface area contributed by atoms with Gasteiger partial charge in [0.05, 0.1) is 17.9 Å². The van der Waals surface area contributed by atoms with Crippen LogP contribution in [0, 0.1) is 0 Å². The van der Waals surface area contributed by atoms with Crippen molar-refractivity contribution in [2.24, 2.45) is 0 Å². The summed E-state index contributed by atoms with van der Waals surface area (Å²) in [5.41, 5.74) is 0. The normalized spacial score (nSPS) is 26.0. The number of nitrogens with zero attached hydrogens (tertiary/aromatic N) is 2. The van der Waals surface area contributed by atoms with E-state index < -0.39 is 0 Å². The molecule has 0 amide bonds. The molecule has 1 aliphatic rings. The Hall–Kier alpha value is -0.590. The summed E-state index contributed by atoms with van der Waals surface area (Å²) in [4.78, 5) is 4.29. The van der Waals surface area contributed by atoms with Crippen LogP contribution in [0.2, 0.25) is 0 Å². The lowest BCUT2D eigenvalue weighted by Crippen LogP contribution is -2.15. The van der Waals surface area contributed by atoms with E-state index >= 15 is 0 Å². The summed E-state index contributed by atoms with van der Waals surface area (Å²) in [6, 6.07) is 0.0212. The van der Waals surface area contributed by atoms with E-state index in [1.54, 1.807) is 11.8 Å². The average Bonchev–Trinajstić information content (AvgIpc) is 2.83. The van der Waals surface area contributed by atoms with E-state index in [1.165, 1.54) is 0 Å². The van der Waals surface area contributed by atoms with Crippen molar-refractivity contribution in [2.45, 2.75) is 31.2 Å². The van der Waals surface area contributed by atoms with Crippen LogP contribution in [0.15, 0.2) is 4.52 Å². The zero-order chi connectivity index (χ0) is 10.7. The van der Waals surface area contributed by atoms with Crippen molar-refractivity contribution >= 4 is 11.8 Å². The van der Waals surface area contributed by atoms with Crippen molar-refractivity contribution in [3.05, 3.63) is 11.7 Å². The van der Waals surface area contributed by atoms with Gasteiger partial charge in [0, 0.05) is 6.54 Å². The van der Waals surface area contributed by atoms with Gasteiger partial charge in [-0.3, -0.25) is 0 Å². The third kappa shape index (κ3) is 2.70. The molecule has 1 saturated heterocycles. The number of hydrogen-bond acceptors (Lipinski definition) is 6. The van der Waals surface area contributed by atoms with Crippen molar-refractivity contribution in [3.63, 3.8) is 0 Å². The van der Waals surface area contributed by atoms with Crippen molar-refractivity contribution < 1.29 is 9.63 Å². The van der Waals surface area contributed by atoms with E-state index in [2.05, 4.69) is 22.4 Å². The number of thioether (sulfide) groups is 1. The zero-order valence-electron chi connectivity index (χ0n) is 8.64. The Morgan fingerprint density at radius 1 is 1.67 bits per heavy atom. The molecule has 5 nitrogen and oxygen atoms in total. The fourth-order valence-electron chi connectivity index (χ4n) is 1.57. The van der Waals surface area contributed by atoms with Crippen LogP contribution in [0.3, 0.4) is 0 Å². The van der Waals surface area contributed by atoms with Crippen molar-refractivity contribution in [1.29, 1.82) is 0 Å². The van der Waals surface area contributed by atoms with Crippen molar-refractivity contribution in [3.8, 4) is 0 Å². The van der Waals surface area contributed by atoms with Gasteiger partial charge in [0.1, 0.15) is 0 Å². The van der Waals surface area contributed by atoms with Crippen LogP contribution in [-0.4, -0.2) is 33.6 Å². The third-order valence-corrected chi connectivity index (χ3v) is 3.20. The summed E-state index contributed by atoms with van der Waals surface area (Å²) in [7, 11) is 0. The second-order valence-electron chi connectivity index (χ2n) is 3.54. The summed E-state index contributed by atoms with van der Waals surface area (Å²) >= 11 is 1.76. The molecule has 0 spiro atoms. The Labute approximate surface area is 92.6 Å². The monoisotopic (exact) mass is 229 g/mol. The van der Waals surface area contributed by atoms with Gasteiger partial charge in [0.2, 0.25) is 5.89 Å². The Kier molecular flexibility index (Phi) is 3.61. The van der Waals surface area contributed by atoms with Crippen LogP contribution in [0.25, 0.3) is 0 Å². The van der Waals surface area contributed by atoms with Gasteiger partial charge in [0.25, 0.3) is 0 Å². The fraction of sp³-hybridized carbons (Fsp3) is 0.778. The van der Waals surface area contributed by atoms with E-state index in [1.807, 2.05) is 0 Å². The summed E-state index contributed by atoms with van der Waals surface area (Å²) in [6.45, 7) is 2.70. The standard InChI is InChI=1S/C9H15N3O2S/c1-2-15-5-8-11-9(14-12-8)7-3-6(13)4-10-7/h6-7,10,13H,2-5H2,1H3/t6-,7+/m0/s1. The molecular formula is C9H15N3O2S. The lowest BCUT2D eigenvalue weighted by molar-refractivity contribution is 0.191. The number of aliphatic hydroxyl groups is 1. The van der Waals surface area contributed by atoms with Crippen LogP contribution in [0.1, 0.15) is 31.1 Å². The molecule has 0 aliphatic carbocycles. The Balaban J connectivity index is 1.94. The minimum absolute atomic E-state index is 0.0212. The molecule has 1 aliphatic heterocycles. The van der Waals surface area contributed by atoms with Gasteiger partial charge in [-0.25, -0.2) is 0 Å². The molecule has 2 rings (SSSR count). The van der Waals surface area contributed by atoms with Gasteiger partial charge in [-0.2, -0.15) is 16.7 Å². The van der Waals surface area contributed by atoms with Crippen LogP contribution in [-0.2, 0) is 5.75 Å². The first kappa shape index (κ1) is 10.9. The van der Waals surface area contributed by atoms with E-state index in [0.29, 0.717) is 18.9 Å². The molecule has 2 N–H and O–H groups in total.